The van der Waals surface area contributed by atoms with Crippen molar-refractivity contribution < 1.29 is 9.53 Å². The number of para-hydroxylation sites is 1. The Balaban J connectivity index is 1.52. The van der Waals surface area contributed by atoms with Crippen molar-refractivity contribution in [2.45, 2.75) is 45.1 Å². The summed E-state index contributed by atoms with van der Waals surface area (Å²) >= 11 is 0. The average Bonchev–Trinajstić information content (AvgIpc) is 3.20. The molecule has 0 unspecified atom stereocenters. The maximum absolute atomic E-state index is 12.8. The topological polar surface area (TPSA) is 160 Å². The maximum atomic E-state index is 12.8. The molecule has 11 nitrogen and oxygen atoms in total. The number of ether oxygens (including phenoxy) is 1. The number of nitrogen functional groups attached to an aromatic ring is 1. The van der Waals surface area contributed by atoms with Crippen molar-refractivity contribution in [3.05, 3.63) is 29.8 Å². The largest absolute Gasteiger partial charge is 0.493 e. The van der Waals surface area contributed by atoms with E-state index in [1.54, 1.807) is 4.90 Å². The van der Waals surface area contributed by atoms with E-state index in [1.807, 2.05) is 24.3 Å². The van der Waals surface area contributed by atoms with Gasteiger partial charge in [0.1, 0.15) is 5.75 Å². The van der Waals surface area contributed by atoms with Gasteiger partial charge < -0.3 is 26.4 Å². The number of aliphatic imine (C=N–C) groups is 1. The van der Waals surface area contributed by atoms with Crippen molar-refractivity contribution in [3.8, 4) is 5.75 Å². The Morgan fingerprint density at radius 2 is 1.97 bits per heavy atom. The molecular formula is C21H33N9O2. The number of unbranched alkanes of at least 4 members (excludes halogenated alkanes) is 1. The van der Waals surface area contributed by atoms with Crippen LogP contribution in [0.4, 0.5) is 16.7 Å². The smallest absolute Gasteiger partial charge is 0.324 e. The number of nitrogens with one attached hydrogen (secondary N) is 3. The van der Waals surface area contributed by atoms with Gasteiger partial charge in [0.25, 0.3) is 0 Å². The molecule has 0 spiro atoms. The number of carbonyl (C=O) groups is 1. The first-order chi connectivity index (χ1) is 15.6. The number of anilines is 2. The minimum atomic E-state index is -0.222. The number of fused-ring (bicyclic) bond motifs is 1. The summed E-state index contributed by atoms with van der Waals surface area (Å²) in [6.45, 7) is 3.00. The highest BCUT2D eigenvalue weighted by atomic mass is 16.5. The van der Waals surface area contributed by atoms with Crippen molar-refractivity contribution in [1.82, 2.24) is 25.4 Å². The van der Waals surface area contributed by atoms with Crippen LogP contribution >= 0.6 is 0 Å². The zero-order chi connectivity index (χ0) is 22.6. The molecule has 0 saturated carbocycles. The van der Waals surface area contributed by atoms with Gasteiger partial charge in [-0.1, -0.05) is 31.0 Å². The average molecular weight is 444 g/mol. The first-order valence-corrected chi connectivity index (χ1v) is 11.1. The third kappa shape index (κ3) is 7.64. The third-order valence-electron chi connectivity index (χ3n) is 5.14. The number of hydrogen-bond donors (Lipinski definition) is 5. The summed E-state index contributed by atoms with van der Waals surface area (Å²) in [5.74, 6) is 1.67. The van der Waals surface area contributed by atoms with E-state index in [-0.39, 0.29) is 17.9 Å². The van der Waals surface area contributed by atoms with Gasteiger partial charge in [0.15, 0.2) is 5.96 Å². The fourth-order valence-corrected chi connectivity index (χ4v) is 3.41. The fraction of sp³-hybridized carbons (Fsp3) is 0.524. The second kappa shape index (κ2) is 12.4. The van der Waals surface area contributed by atoms with Crippen LogP contribution in [0.2, 0.25) is 0 Å². The summed E-state index contributed by atoms with van der Waals surface area (Å²) in [6, 6.07) is 7.55. The summed E-state index contributed by atoms with van der Waals surface area (Å²) in [4.78, 5) is 22.9. The van der Waals surface area contributed by atoms with Crippen LogP contribution in [0, 0.1) is 0 Å². The van der Waals surface area contributed by atoms with Gasteiger partial charge in [-0.05, 0) is 31.7 Å². The summed E-state index contributed by atoms with van der Waals surface area (Å²) < 4.78 is 5.92. The van der Waals surface area contributed by atoms with Crippen LogP contribution in [0.5, 0.6) is 5.75 Å². The Bertz CT molecular complexity index is 884. The molecule has 2 aromatic rings. The van der Waals surface area contributed by atoms with Crippen molar-refractivity contribution in [2.24, 2.45) is 10.7 Å². The number of nitrogens with two attached hydrogens (primary N) is 2. The number of aromatic nitrogens is 3. The molecule has 0 saturated heterocycles. The molecule has 32 heavy (non-hydrogen) atoms. The Morgan fingerprint density at radius 1 is 1.12 bits per heavy atom. The van der Waals surface area contributed by atoms with Crippen molar-refractivity contribution in [3.63, 3.8) is 0 Å². The molecule has 0 aliphatic carbocycles. The van der Waals surface area contributed by atoms with E-state index in [0.29, 0.717) is 38.7 Å². The Labute approximate surface area is 188 Å². The van der Waals surface area contributed by atoms with E-state index in [4.69, 9.17) is 16.2 Å². The Morgan fingerprint density at radius 3 is 2.81 bits per heavy atom. The second-order valence-corrected chi connectivity index (χ2v) is 7.67. The number of H-pyrrole nitrogens is 1. The Hall–Kier alpha value is -3.50. The lowest BCUT2D eigenvalue weighted by Crippen LogP contribution is -2.46. The predicted octanol–water partition coefficient (Wildman–Crippen LogP) is 2.06. The number of nitrogens with zero attached hydrogens (tertiary/aromatic N) is 4. The van der Waals surface area contributed by atoms with Gasteiger partial charge >= 0.3 is 6.03 Å². The van der Waals surface area contributed by atoms with Gasteiger partial charge in [-0.2, -0.15) is 4.98 Å². The number of aromatic amines is 1. The molecule has 174 valence electrons. The minimum absolute atomic E-state index is 0.105. The molecule has 0 bridgehead atoms. The Kier molecular flexibility index (Phi) is 8.96. The molecule has 0 fully saturated rings. The van der Waals surface area contributed by atoms with Crippen LogP contribution in [0.3, 0.4) is 0 Å². The number of amides is 2. The number of guanidine groups is 1. The molecule has 1 aromatic heterocycles. The van der Waals surface area contributed by atoms with Crippen LogP contribution < -0.4 is 26.8 Å². The molecule has 3 rings (SSSR count). The lowest BCUT2D eigenvalue weighted by Gasteiger charge is -2.23. The summed E-state index contributed by atoms with van der Waals surface area (Å²) in [7, 11) is 0. The summed E-state index contributed by atoms with van der Waals surface area (Å²) in [5.41, 5.74) is 12.4. The zero-order valence-electron chi connectivity index (χ0n) is 18.3. The van der Waals surface area contributed by atoms with Crippen molar-refractivity contribution in [2.75, 3.05) is 37.3 Å². The van der Waals surface area contributed by atoms with E-state index in [1.165, 1.54) is 0 Å². The van der Waals surface area contributed by atoms with E-state index in [0.717, 1.165) is 49.8 Å². The first-order valence-electron chi connectivity index (χ1n) is 11.1. The maximum Gasteiger partial charge on any atom is 0.324 e. The number of hydrogen-bond acceptors (Lipinski definition) is 8. The van der Waals surface area contributed by atoms with Crippen LogP contribution in [-0.2, 0) is 6.54 Å². The van der Waals surface area contributed by atoms with Gasteiger partial charge in [-0.3, -0.25) is 5.32 Å². The number of benzene rings is 1. The van der Waals surface area contributed by atoms with Gasteiger partial charge in [0.05, 0.1) is 13.2 Å². The second-order valence-electron chi connectivity index (χ2n) is 7.67. The molecule has 1 aromatic carbocycles. The highest BCUT2D eigenvalue weighted by Gasteiger charge is 2.14. The van der Waals surface area contributed by atoms with Crippen molar-refractivity contribution >= 4 is 23.9 Å². The number of urea groups is 1. The lowest BCUT2D eigenvalue weighted by molar-refractivity contribution is 0.200. The molecule has 11 heteroatoms. The van der Waals surface area contributed by atoms with E-state index in [9.17, 15) is 4.79 Å². The molecule has 7 N–H and O–H groups in total. The SMILES string of the molecule is NC1=NCc2ccccc2OCCCCCCN(CCCCNc2n[nH]c(N)n2)C(=O)N1. The van der Waals surface area contributed by atoms with Crippen LogP contribution in [0.15, 0.2) is 29.3 Å². The van der Waals surface area contributed by atoms with Crippen LogP contribution in [0.1, 0.15) is 44.1 Å². The number of rotatable bonds is 6. The summed E-state index contributed by atoms with van der Waals surface area (Å²) in [6.07, 6.45) is 5.68. The quantitative estimate of drug-likeness (QED) is 0.427. The van der Waals surface area contributed by atoms with Crippen LogP contribution in [0.25, 0.3) is 0 Å². The minimum Gasteiger partial charge on any atom is -0.493 e. The monoisotopic (exact) mass is 443 g/mol. The van der Waals surface area contributed by atoms with E-state index >= 15 is 0 Å². The van der Waals surface area contributed by atoms with Crippen LogP contribution in [-0.4, -0.2) is 58.3 Å². The molecule has 2 heterocycles. The zero-order valence-corrected chi connectivity index (χ0v) is 18.3. The van der Waals surface area contributed by atoms with Gasteiger partial charge in [0, 0.05) is 25.2 Å². The van der Waals surface area contributed by atoms with E-state index in [2.05, 4.69) is 30.8 Å². The van der Waals surface area contributed by atoms with Crippen molar-refractivity contribution in [1.29, 1.82) is 0 Å². The first kappa shape index (κ1) is 23.2. The lowest BCUT2D eigenvalue weighted by atomic mass is 10.2. The molecule has 2 amide bonds. The highest BCUT2D eigenvalue weighted by molar-refractivity contribution is 5.95. The van der Waals surface area contributed by atoms with Gasteiger partial charge in [-0.15, -0.1) is 5.10 Å². The van der Waals surface area contributed by atoms with E-state index < -0.39 is 0 Å². The van der Waals surface area contributed by atoms with Gasteiger partial charge in [0.2, 0.25) is 11.9 Å². The molecular weight excluding hydrogens is 410 g/mol. The fourth-order valence-electron chi connectivity index (χ4n) is 3.41. The standard InChI is InChI=1S/C21H33N9O2/c22-18-25-15-16-9-3-4-10-17(16)32-14-8-2-1-6-12-30(21(31)27-18)13-7-5-11-24-20-26-19(23)28-29-20/h3-4,9-10H,1-2,5-8,11-15H2,(H3,22,25,27,31)(H4,23,24,26,28,29). The number of carbonyl (C=O) groups excluding carboxylic acids is 1. The molecule has 1 aliphatic heterocycles. The normalized spacial score (nSPS) is 16.1. The molecule has 0 radical (unpaired) electrons. The molecule has 1 aliphatic rings. The predicted molar refractivity (Wildman–Crippen MR) is 124 cm³/mol. The molecule has 0 atom stereocenters. The highest BCUT2D eigenvalue weighted by Crippen LogP contribution is 2.19. The third-order valence-corrected chi connectivity index (χ3v) is 5.14. The van der Waals surface area contributed by atoms with Gasteiger partial charge in [-0.25, -0.2) is 14.9 Å². The summed E-state index contributed by atoms with van der Waals surface area (Å²) in [5, 5.41) is 12.3.